The Hall–Kier alpha value is -0.0400. The van der Waals surface area contributed by atoms with Crippen molar-refractivity contribution in [3.8, 4) is 0 Å². The van der Waals surface area contributed by atoms with Gasteiger partial charge in [-0.25, -0.2) is 0 Å². The van der Waals surface area contributed by atoms with Crippen LogP contribution >= 0.6 is 0 Å². The molecule has 0 saturated carbocycles. The van der Waals surface area contributed by atoms with Crippen LogP contribution in [0.4, 0.5) is 0 Å². The molecular weight excluding hydrogens is 194 g/mol. The van der Waals surface area contributed by atoms with Crippen LogP contribution in [0, 0.1) is 0 Å². The maximum absolute atomic E-state index is 2.28. The van der Waals surface area contributed by atoms with Gasteiger partial charge < -0.3 is 4.90 Å². The molecule has 0 amide bonds. The average molecular weight is 229 g/mol. The van der Waals surface area contributed by atoms with E-state index in [1.165, 1.54) is 70.8 Å². The van der Waals surface area contributed by atoms with Gasteiger partial charge in [-0.15, -0.1) is 0 Å². The molecule has 1 nitrogen and oxygen atoms in total. The maximum Gasteiger partial charge on any atom is -0.00248 e. The Balaban J connectivity index is 0. The third-order valence-corrected chi connectivity index (χ3v) is 2.96. The molecule has 0 radical (unpaired) electrons. The standard InChI is InChI=1S/C14H31N.CH4/c1-4-5-6-7-8-9-10-11-12-13-14-15(2)3;/h4-14H2,1-3H3;1H4. The molecule has 0 aliphatic heterocycles. The molecule has 0 N–H and O–H groups in total. The van der Waals surface area contributed by atoms with E-state index < -0.39 is 0 Å². The van der Waals surface area contributed by atoms with Crippen molar-refractivity contribution < 1.29 is 0 Å². The van der Waals surface area contributed by atoms with Crippen molar-refractivity contribution in [3.63, 3.8) is 0 Å². The Bertz CT molecular complexity index is 110. The summed E-state index contributed by atoms with van der Waals surface area (Å²) in [6, 6.07) is 0. The van der Waals surface area contributed by atoms with Gasteiger partial charge in [-0.05, 0) is 27.1 Å². The summed E-state index contributed by atoms with van der Waals surface area (Å²) in [6.45, 7) is 3.54. The fourth-order valence-electron chi connectivity index (χ4n) is 1.92. The van der Waals surface area contributed by atoms with Crippen LogP contribution in [0.3, 0.4) is 0 Å². The Morgan fingerprint density at radius 1 is 0.625 bits per heavy atom. The van der Waals surface area contributed by atoms with Crippen molar-refractivity contribution in [1.82, 2.24) is 4.90 Å². The first kappa shape index (κ1) is 18.3. The zero-order valence-electron chi connectivity index (χ0n) is 11.2. The topological polar surface area (TPSA) is 3.24 Å². The average Bonchev–Trinajstić information content (AvgIpc) is 2.20. The smallest absolute Gasteiger partial charge is 0.00248 e. The van der Waals surface area contributed by atoms with Gasteiger partial charge in [0, 0.05) is 0 Å². The Labute approximate surface area is 105 Å². The molecule has 0 bridgehead atoms. The zero-order valence-corrected chi connectivity index (χ0v) is 11.2. The van der Waals surface area contributed by atoms with Gasteiger partial charge in [0.2, 0.25) is 0 Å². The molecule has 0 aliphatic rings. The number of hydrogen-bond acceptors (Lipinski definition) is 1. The number of unbranched alkanes of at least 4 members (excludes halogenated alkanes) is 9. The summed E-state index contributed by atoms with van der Waals surface area (Å²) in [5, 5.41) is 0. The van der Waals surface area contributed by atoms with Crippen LogP contribution in [0.1, 0.15) is 78.6 Å². The van der Waals surface area contributed by atoms with E-state index in [9.17, 15) is 0 Å². The largest absolute Gasteiger partial charge is 0.309 e. The Kier molecular flexibility index (Phi) is 17.1. The lowest BCUT2D eigenvalue weighted by Crippen LogP contribution is -2.12. The van der Waals surface area contributed by atoms with Crippen molar-refractivity contribution in [3.05, 3.63) is 0 Å². The first-order chi connectivity index (χ1) is 7.27. The summed E-state index contributed by atoms with van der Waals surface area (Å²) in [5.74, 6) is 0. The van der Waals surface area contributed by atoms with E-state index in [4.69, 9.17) is 0 Å². The minimum atomic E-state index is 0. The van der Waals surface area contributed by atoms with Gasteiger partial charge in [-0.3, -0.25) is 0 Å². The van der Waals surface area contributed by atoms with Gasteiger partial charge in [0.1, 0.15) is 0 Å². The molecule has 0 unspecified atom stereocenters. The number of hydrogen-bond donors (Lipinski definition) is 0. The van der Waals surface area contributed by atoms with Crippen molar-refractivity contribution in [2.24, 2.45) is 0 Å². The summed E-state index contributed by atoms with van der Waals surface area (Å²) in [5.41, 5.74) is 0. The predicted molar refractivity (Wildman–Crippen MR) is 77.1 cm³/mol. The second kappa shape index (κ2) is 15.0. The van der Waals surface area contributed by atoms with E-state index in [0.29, 0.717) is 0 Å². The number of rotatable bonds is 11. The molecule has 0 fully saturated rings. The van der Waals surface area contributed by atoms with E-state index in [-0.39, 0.29) is 7.43 Å². The Morgan fingerprint density at radius 2 is 1.00 bits per heavy atom. The molecule has 16 heavy (non-hydrogen) atoms. The minimum absolute atomic E-state index is 0. The van der Waals surface area contributed by atoms with Crippen LogP contribution in [0.25, 0.3) is 0 Å². The van der Waals surface area contributed by atoms with Crippen LogP contribution in [0.2, 0.25) is 0 Å². The van der Waals surface area contributed by atoms with Crippen molar-refractivity contribution in [2.45, 2.75) is 78.6 Å². The highest BCUT2D eigenvalue weighted by Gasteiger charge is 1.93. The van der Waals surface area contributed by atoms with E-state index in [1.807, 2.05) is 0 Å². The van der Waals surface area contributed by atoms with Crippen LogP contribution in [0.5, 0.6) is 0 Å². The SMILES string of the molecule is C.CCCCCCCCCCCCN(C)C. The third-order valence-electron chi connectivity index (χ3n) is 2.96. The van der Waals surface area contributed by atoms with Gasteiger partial charge in [-0.2, -0.15) is 0 Å². The molecule has 0 aromatic rings. The summed E-state index contributed by atoms with van der Waals surface area (Å²) in [4.78, 5) is 2.28. The van der Waals surface area contributed by atoms with Gasteiger partial charge in [0.05, 0.1) is 0 Å². The van der Waals surface area contributed by atoms with Crippen LogP contribution in [-0.4, -0.2) is 25.5 Å². The fraction of sp³-hybridized carbons (Fsp3) is 1.00. The van der Waals surface area contributed by atoms with Crippen molar-refractivity contribution >= 4 is 0 Å². The molecular formula is C15H35N. The molecule has 0 atom stereocenters. The van der Waals surface area contributed by atoms with E-state index in [1.54, 1.807) is 0 Å². The first-order valence-corrected chi connectivity index (χ1v) is 6.92. The van der Waals surface area contributed by atoms with E-state index >= 15 is 0 Å². The van der Waals surface area contributed by atoms with Gasteiger partial charge in [-0.1, -0.05) is 72.1 Å². The van der Waals surface area contributed by atoms with Gasteiger partial charge in [0.25, 0.3) is 0 Å². The summed E-state index contributed by atoms with van der Waals surface area (Å²) >= 11 is 0. The molecule has 0 aromatic heterocycles. The molecule has 100 valence electrons. The van der Waals surface area contributed by atoms with Gasteiger partial charge >= 0.3 is 0 Å². The van der Waals surface area contributed by atoms with Crippen molar-refractivity contribution in [1.29, 1.82) is 0 Å². The lowest BCUT2D eigenvalue weighted by Gasteiger charge is -2.08. The number of nitrogens with zero attached hydrogens (tertiary/aromatic N) is 1. The van der Waals surface area contributed by atoms with Crippen LogP contribution < -0.4 is 0 Å². The summed E-state index contributed by atoms with van der Waals surface area (Å²) in [6.07, 6.45) is 14.4. The quantitative estimate of drug-likeness (QED) is 0.445. The van der Waals surface area contributed by atoms with E-state index in [0.717, 1.165) is 0 Å². The van der Waals surface area contributed by atoms with Gasteiger partial charge in [0.15, 0.2) is 0 Å². The zero-order chi connectivity index (χ0) is 11.4. The summed E-state index contributed by atoms with van der Waals surface area (Å²) < 4.78 is 0. The molecule has 0 spiro atoms. The highest BCUT2D eigenvalue weighted by molar-refractivity contribution is 4.49. The van der Waals surface area contributed by atoms with Crippen LogP contribution in [-0.2, 0) is 0 Å². The lowest BCUT2D eigenvalue weighted by molar-refractivity contribution is 0.389. The second-order valence-electron chi connectivity index (χ2n) is 4.99. The normalized spacial score (nSPS) is 10.5. The monoisotopic (exact) mass is 229 g/mol. The van der Waals surface area contributed by atoms with E-state index in [2.05, 4.69) is 25.9 Å². The molecule has 0 rings (SSSR count). The maximum atomic E-state index is 2.28. The highest BCUT2D eigenvalue weighted by Crippen LogP contribution is 2.10. The summed E-state index contributed by atoms with van der Waals surface area (Å²) in [7, 11) is 4.32. The molecule has 1 heteroatoms. The van der Waals surface area contributed by atoms with Crippen LogP contribution in [0.15, 0.2) is 0 Å². The first-order valence-electron chi connectivity index (χ1n) is 6.92. The minimum Gasteiger partial charge on any atom is -0.309 e. The Morgan fingerprint density at radius 3 is 1.38 bits per heavy atom. The van der Waals surface area contributed by atoms with Crippen molar-refractivity contribution in [2.75, 3.05) is 20.6 Å². The molecule has 0 aliphatic carbocycles. The molecule has 0 heterocycles. The highest BCUT2D eigenvalue weighted by atomic mass is 15.0. The molecule has 0 saturated heterocycles. The fourth-order valence-corrected chi connectivity index (χ4v) is 1.92. The second-order valence-corrected chi connectivity index (χ2v) is 4.99. The predicted octanol–water partition coefficient (Wildman–Crippen LogP) is 5.11. The third kappa shape index (κ3) is 16.4. The molecule has 0 aromatic carbocycles. The lowest BCUT2D eigenvalue weighted by atomic mass is 10.1.